The fraction of sp³-hybridized carbons (Fsp3) is 0.522. The molecule has 16 nitrogen and oxygen atoms in total. The number of anilines is 5. The van der Waals surface area contributed by atoms with E-state index in [0.29, 0.717) is 47.2 Å². The Balaban J connectivity index is 0.000000192. The fourth-order valence-electron chi connectivity index (χ4n) is 9.14. The van der Waals surface area contributed by atoms with Crippen LogP contribution in [0.5, 0.6) is 0 Å². The highest BCUT2D eigenvalue weighted by molar-refractivity contribution is 7.83. The van der Waals surface area contributed by atoms with Crippen LogP contribution in [0.15, 0.2) is 58.4 Å². The molecule has 0 radical (unpaired) electrons. The molecule has 2 aromatic heterocycles. The van der Waals surface area contributed by atoms with Crippen LogP contribution in [0.2, 0.25) is 5.02 Å². The predicted molar refractivity (Wildman–Crippen MR) is 251 cm³/mol. The Morgan fingerprint density at radius 3 is 2.33 bits per heavy atom. The average molecular weight is 919 g/mol. The second-order valence-electron chi connectivity index (χ2n) is 17.2. The number of rotatable bonds is 14. The van der Waals surface area contributed by atoms with E-state index in [0.717, 1.165) is 79.6 Å². The van der Waals surface area contributed by atoms with Gasteiger partial charge in [0.15, 0.2) is 0 Å². The lowest BCUT2D eigenvalue weighted by atomic mass is 9.97. The molecular weight excluding hydrogens is 858 g/mol. The number of nitrogens with zero attached hydrogens (tertiary/aromatic N) is 6. The Labute approximate surface area is 381 Å². The summed E-state index contributed by atoms with van der Waals surface area (Å²) in [6.07, 6.45) is 16.1. The Morgan fingerprint density at radius 2 is 1.66 bits per heavy atom. The minimum absolute atomic E-state index is 0.0825. The van der Waals surface area contributed by atoms with Crippen molar-refractivity contribution in [3.05, 3.63) is 69.6 Å². The summed E-state index contributed by atoms with van der Waals surface area (Å²) in [7, 11) is 2.47. The first-order valence-corrected chi connectivity index (χ1v) is 24.0. The molecule has 0 spiro atoms. The van der Waals surface area contributed by atoms with Crippen molar-refractivity contribution in [1.82, 2.24) is 24.6 Å². The van der Waals surface area contributed by atoms with E-state index in [-0.39, 0.29) is 42.1 Å². The van der Waals surface area contributed by atoms with E-state index in [1.807, 2.05) is 44.1 Å². The maximum Gasteiger partial charge on any atom is 0.271 e. The summed E-state index contributed by atoms with van der Waals surface area (Å²) in [5.74, 6) is -0.343. The lowest BCUT2D eigenvalue weighted by Gasteiger charge is -2.37. The number of hydrogen-bond acceptors (Lipinski definition) is 12. The van der Waals surface area contributed by atoms with Crippen molar-refractivity contribution in [2.24, 2.45) is 0 Å². The van der Waals surface area contributed by atoms with Gasteiger partial charge in [-0.05, 0) is 99.9 Å². The van der Waals surface area contributed by atoms with Gasteiger partial charge >= 0.3 is 0 Å². The number of carbonyl (C=O) groups is 3. The molecule has 2 aromatic carbocycles. The molecule has 2 atom stereocenters. The van der Waals surface area contributed by atoms with Gasteiger partial charge in [-0.25, -0.2) is 13.9 Å². The van der Waals surface area contributed by atoms with Gasteiger partial charge in [-0.1, -0.05) is 43.7 Å². The monoisotopic (exact) mass is 917 g/mol. The zero-order valence-electron chi connectivity index (χ0n) is 36.9. The zero-order chi connectivity index (χ0) is 45.3. The molecule has 0 bridgehead atoms. The van der Waals surface area contributed by atoms with Crippen LogP contribution in [-0.2, 0) is 30.1 Å². The van der Waals surface area contributed by atoms with Crippen molar-refractivity contribution in [1.29, 1.82) is 0 Å². The number of aliphatic hydroxyl groups is 1. The van der Waals surface area contributed by atoms with Crippen LogP contribution in [-0.4, -0.2) is 101 Å². The van der Waals surface area contributed by atoms with Crippen LogP contribution in [0.1, 0.15) is 95.1 Å². The van der Waals surface area contributed by atoms with E-state index < -0.39 is 22.9 Å². The van der Waals surface area contributed by atoms with E-state index in [1.165, 1.54) is 37.0 Å². The van der Waals surface area contributed by atoms with E-state index in [2.05, 4.69) is 36.3 Å². The Bertz CT molecular complexity index is 2380. The van der Waals surface area contributed by atoms with Gasteiger partial charge in [-0.2, -0.15) is 4.98 Å². The number of benzene rings is 2. The lowest BCUT2D eigenvalue weighted by Crippen LogP contribution is -2.52. The van der Waals surface area contributed by atoms with Gasteiger partial charge < -0.3 is 29.9 Å². The number of aryl methyl sites for hydroxylation is 1. The lowest BCUT2D eigenvalue weighted by molar-refractivity contribution is -0.134. The molecule has 2 saturated heterocycles. The molecule has 2 aliphatic carbocycles. The van der Waals surface area contributed by atoms with Gasteiger partial charge in [0.25, 0.3) is 5.56 Å². The van der Waals surface area contributed by atoms with Crippen molar-refractivity contribution in [3.8, 4) is 0 Å². The van der Waals surface area contributed by atoms with E-state index in [4.69, 9.17) is 21.4 Å². The molecule has 4 heterocycles. The van der Waals surface area contributed by atoms with Crippen molar-refractivity contribution in [3.63, 3.8) is 0 Å². The topological polar surface area (TPSA) is 191 Å². The summed E-state index contributed by atoms with van der Waals surface area (Å²) >= 11 is 6.19. The van der Waals surface area contributed by atoms with Gasteiger partial charge in [-0.3, -0.25) is 29.1 Å². The van der Waals surface area contributed by atoms with Crippen molar-refractivity contribution in [2.75, 3.05) is 60.4 Å². The molecule has 344 valence electrons. The molecule has 3 amide bonds. The van der Waals surface area contributed by atoms with Gasteiger partial charge in [0.2, 0.25) is 24.2 Å². The number of aliphatic hydroxyl groups excluding tert-OH is 1. The molecule has 2 saturated carbocycles. The minimum Gasteiger partial charge on any atom is -0.395 e. The van der Waals surface area contributed by atoms with Crippen LogP contribution in [0.4, 0.5) is 28.7 Å². The van der Waals surface area contributed by atoms with Crippen LogP contribution in [0.25, 0.3) is 11.0 Å². The van der Waals surface area contributed by atoms with Gasteiger partial charge in [0.1, 0.15) is 27.7 Å². The normalized spacial score (nSPS) is 19.2. The average Bonchev–Trinajstić information content (AvgIpc) is 3.83. The molecule has 64 heavy (non-hydrogen) atoms. The number of nitrogens with one attached hydrogen (secondary N) is 3. The Hall–Kier alpha value is -4.94. The number of ether oxygens (including phenoxy) is 1. The summed E-state index contributed by atoms with van der Waals surface area (Å²) in [6, 6.07) is 12.4. The number of hydrogen-bond donors (Lipinski definition) is 4. The van der Waals surface area contributed by atoms with E-state index in [9.17, 15) is 23.4 Å². The summed E-state index contributed by atoms with van der Waals surface area (Å²) in [5, 5.41) is 15.3. The maximum atomic E-state index is 12.8. The first kappa shape index (κ1) is 47.0. The van der Waals surface area contributed by atoms with Gasteiger partial charge in [-0.15, -0.1) is 0 Å². The first-order chi connectivity index (χ1) is 30.9. The smallest absolute Gasteiger partial charge is 0.271 e. The number of aromatic nitrogens is 3. The standard InChI is InChI=1S/C25H36N4O4.C21H24ClN5O3S/c1-27(2)23-16-18(28-14-12-20(13-15-28)33-19-6-4-3-5-7-19)8-9-21(23)29(17-30)22-10-11-24(31)26-25(22)32;1-13-10-16(31(30)24-8-9-28)6-7-18(13)25-21-23-12-14-11-17(22)20(29)27(19(14)26-21)15-4-2-3-5-15/h8-9,16-17,19-20,22H,3-7,10-15H2,1-2H3,(H,26,31,32);6-7,10-12,15,24,28H,2-5,8-9H2,1H3,(H,23,25,26). The number of piperidine rings is 2. The molecule has 2 aliphatic heterocycles. The largest absolute Gasteiger partial charge is 0.395 e. The third kappa shape index (κ3) is 11.3. The molecular formula is C46H60ClN9O7S. The molecule has 18 heteroatoms. The second kappa shape index (κ2) is 21.8. The summed E-state index contributed by atoms with van der Waals surface area (Å²) in [4.78, 5) is 64.1. The van der Waals surface area contributed by atoms with E-state index in [1.54, 1.807) is 29.0 Å². The fourth-order valence-corrected chi connectivity index (χ4v) is 10.3. The van der Waals surface area contributed by atoms with Crippen molar-refractivity contribution in [2.45, 2.75) is 120 Å². The van der Waals surface area contributed by atoms with Crippen molar-refractivity contribution >= 4 is 80.5 Å². The Kier molecular flexibility index (Phi) is 16.0. The van der Waals surface area contributed by atoms with Crippen LogP contribution in [0.3, 0.4) is 0 Å². The highest BCUT2D eigenvalue weighted by Gasteiger charge is 2.34. The van der Waals surface area contributed by atoms with Crippen molar-refractivity contribution < 1.29 is 28.4 Å². The maximum absolute atomic E-state index is 12.8. The third-order valence-electron chi connectivity index (χ3n) is 12.5. The third-order valence-corrected chi connectivity index (χ3v) is 14.0. The number of imide groups is 1. The van der Waals surface area contributed by atoms with Crippen LogP contribution in [0, 0.1) is 6.92 Å². The molecule has 8 rings (SSSR count). The number of carbonyl (C=O) groups excluding carboxylic acids is 3. The molecule has 4 fully saturated rings. The summed E-state index contributed by atoms with van der Waals surface area (Å²) in [6.45, 7) is 3.94. The van der Waals surface area contributed by atoms with Crippen LogP contribution < -0.4 is 35.6 Å². The number of halogens is 1. The predicted octanol–water partition coefficient (Wildman–Crippen LogP) is 6.06. The number of pyridine rings is 1. The first-order valence-electron chi connectivity index (χ1n) is 22.4. The molecule has 4 N–H and O–H groups in total. The second-order valence-corrected chi connectivity index (χ2v) is 18.9. The highest BCUT2D eigenvalue weighted by Crippen LogP contribution is 2.36. The van der Waals surface area contributed by atoms with Gasteiger partial charge in [0.05, 0.1) is 35.1 Å². The highest BCUT2D eigenvalue weighted by atomic mass is 35.5. The van der Waals surface area contributed by atoms with Gasteiger partial charge in [0, 0.05) is 69.2 Å². The molecule has 2 unspecified atom stereocenters. The number of fused-ring (bicyclic) bond motifs is 1. The SMILES string of the molecule is CN(C)c1cc(N2CCC(OC3CCCCC3)CC2)ccc1N(C=O)C1CCC(=O)NC1=O.Cc1cc(S(=O)NCCO)ccc1Nc1ncc2cc(Cl)c(=O)n(C3CCCC3)c2n1. The zero-order valence-corrected chi connectivity index (χ0v) is 38.5. The summed E-state index contributed by atoms with van der Waals surface area (Å²) < 4.78 is 23.0. The minimum atomic E-state index is -1.40. The van der Waals surface area contributed by atoms with Crippen LogP contribution >= 0.6 is 11.6 Å². The summed E-state index contributed by atoms with van der Waals surface area (Å²) in [5.41, 5.74) is 4.63. The number of amides is 3. The van der Waals surface area contributed by atoms with E-state index >= 15 is 0 Å². The quantitative estimate of drug-likeness (QED) is 0.0847. The molecule has 4 aliphatic rings. The molecule has 4 aromatic rings. The Morgan fingerprint density at radius 1 is 0.938 bits per heavy atom.